The Hall–Kier alpha value is -4.97. The van der Waals surface area contributed by atoms with Gasteiger partial charge in [0.2, 0.25) is 5.78 Å². The summed E-state index contributed by atoms with van der Waals surface area (Å²) in [6.07, 6.45) is 1.04. The molecule has 11 heteroatoms. The number of nitrogens with one attached hydrogen (secondary N) is 1. The number of carbonyl (C=O) groups is 3. The van der Waals surface area contributed by atoms with Crippen molar-refractivity contribution in [1.29, 1.82) is 0 Å². The van der Waals surface area contributed by atoms with E-state index in [9.17, 15) is 34.8 Å². The van der Waals surface area contributed by atoms with E-state index in [-0.39, 0.29) is 29.7 Å². The number of primary amides is 1. The van der Waals surface area contributed by atoms with Gasteiger partial charge in [0, 0.05) is 23.6 Å². The van der Waals surface area contributed by atoms with Crippen molar-refractivity contribution in [3.8, 4) is 22.6 Å². The molecule has 0 heterocycles. The van der Waals surface area contributed by atoms with Gasteiger partial charge < -0.3 is 36.2 Å². The van der Waals surface area contributed by atoms with E-state index in [1.807, 2.05) is 18.2 Å². The fourth-order valence-electron chi connectivity index (χ4n) is 7.80. The number of aliphatic hydroxyl groups is 3. The van der Waals surface area contributed by atoms with E-state index < -0.39 is 58.0 Å². The summed E-state index contributed by atoms with van der Waals surface area (Å²) in [5.41, 5.74) is 6.96. The standard InChI is InChI=1S/C38H41N3O8/c1-19-5-7-20(8-6-19)13-14-40-18-21-9-12-28(49-4)24(15-21)23-10-11-27(42)30-25(23)16-22-17-26-32(41(2)3)34(44)31(37(39)47)36(46)38(26,48)35(45)29(22)33(30)43/h5-12,15,22,26,32,40,42,44-45,48H,13-14,16-18H2,1-4H3,(H2,39,47). The number of hydrogen-bond acceptors (Lipinski definition) is 10. The van der Waals surface area contributed by atoms with Crippen molar-refractivity contribution in [2.24, 2.45) is 17.6 Å². The van der Waals surface area contributed by atoms with Crippen LogP contribution in [-0.4, -0.2) is 82.2 Å². The van der Waals surface area contributed by atoms with Crippen LogP contribution in [0.5, 0.6) is 11.5 Å². The molecule has 0 bridgehead atoms. The van der Waals surface area contributed by atoms with Crippen LogP contribution in [0.1, 0.15) is 39.0 Å². The third kappa shape index (κ3) is 5.57. The first-order chi connectivity index (χ1) is 23.3. The van der Waals surface area contributed by atoms with Crippen molar-refractivity contribution in [3.05, 3.63) is 105 Å². The molecule has 6 rings (SSSR count). The number of rotatable bonds is 9. The average molecular weight is 668 g/mol. The topological polar surface area (TPSA) is 183 Å². The number of likely N-dealkylation sites (N-methyl/N-ethyl adjacent to an activating group) is 1. The molecule has 0 spiro atoms. The molecule has 4 unspecified atom stereocenters. The largest absolute Gasteiger partial charge is 0.510 e. The molecule has 4 atom stereocenters. The van der Waals surface area contributed by atoms with Gasteiger partial charge in [-0.3, -0.25) is 19.3 Å². The fraction of sp³-hybridized carbons (Fsp3) is 0.342. The summed E-state index contributed by atoms with van der Waals surface area (Å²) in [4.78, 5) is 41.6. The number of hydrogen-bond donors (Lipinski definition) is 6. The van der Waals surface area contributed by atoms with Crippen LogP contribution in [0.15, 0.2) is 77.3 Å². The molecule has 0 saturated heterocycles. The number of benzene rings is 3. The first kappa shape index (κ1) is 33.9. The SMILES string of the molecule is COc1ccc(CNCCc2ccc(C)cc2)cc1-c1ccc(O)c2c1CC1CC3C(N(C)C)C(O)=C(C(N)=O)C(=O)C3(O)C(O)=C1C2=O. The molecule has 0 aromatic heterocycles. The van der Waals surface area contributed by atoms with Crippen LogP contribution in [-0.2, 0) is 29.0 Å². The Kier molecular flexibility index (Phi) is 8.87. The van der Waals surface area contributed by atoms with Gasteiger partial charge in [0.1, 0.15) is 28.6 Å². The number of phenolic OH excluding ortho intramolecular Hbond substituents is 1. The highest BCUT2D eigenvalue weighted by Crippen LogP contribution is 2.53. The predicted octanol–water partition coefficient (Wildman–Crippen LogP) is 3.44. The van der Waals surface area contributed by atoms with Gasteiger partial charge in [0.25, 0.3) is 5.91 Å². The van der Waals surface area contributed by atoms with Crippen LogP contribution < -0.4 is 15.8 Å². The maximum absolute atomic E-state index is 14.2. The minimum Gasteiger partial charge on any atom is -0.510 e. The highest BCUT2D eigenvalue weighted by atomic mass is 16.5. The Bertz CT molecular complexity index is 1930. The van der Waals surface area contributed by atoms with Gasteiger partial charge in [-0.2, -0.15) is 0 Å². The number of amides is 1. The molecule has 3 aromatic rings. The minimum atomic E-state index is -2.69. The number of phenols is 1. The van der Waals surface area contributed by atoms with Crippen molar-refractivity contribution in [2.75, 3.05) is 27.7 Å². The number of aliphatic hydroxyl groups excluding tert-OH is 2. The molecule has 3 aromatic carbocycles. The molecule has 0 radical (unpaired) electrons. The monoisotopic (exact) mass is 667 g/mol. The zero-order valence-electron chi connectivity index (χ0n) is 27.9. The second kappa shape index (κ2) is 12.8. The number of carbonyl (C=O) groups excluding carboxylic acids is 3. The van der Waals surface area contributed by atoms with E-state index in [2.05, 4.69) is 36.5 Å². The quantitative estimate of drug-likeness (QED) is 0.146. The van der Waals surface area contributed by atoms with E-state index in [1.165, 1.54) is 22.1 Å². The first-order valence-electron chi connectivity index (χ1n) is 16.2. The molecular weight excluding hydrogens is 626 g/mol. The van der Waals surface area contributed by atoms with Crippen LogP contribution in [0.4, 0.5) is 0 Å². The van der Waals surface area contributed by atoms with Gasteiger partial charge in [0.15, 0.2) is 11.4 Å². The lowest BCUT2D eigenvalue weighted by atomic mass is 9.58. The third-order valence-corrected chi connectivity index (χ3v) is 10.2. The van der Waals surface area contributed by atoms with Gasteiger partial charge in [-0.05, 0) is 93.2 Å². The summed E-state index contributed by atoms with van der Waals surface area (Å²) in [5, 5.41) is 49.0. The second-order valence-electron chi connectivity index (χ2n) is 13.4. The lowest BCUT2D eigenvalue weighted by Gasteiger charge is -2.50. The van der Waals surface area contributed by atoms with Crippen LogP contribution in [0.25, 0.3) is 11.1 Å². The van der Waals surface area contributed by atoms with E-state index in [0.29, 0.717) is 29.0 Å². The molecule has 0 saturated carbocycles. The normalized spacial score (nSPS) is 23.3. The molecular formula is C38H41N3O8. The number of Topliss-reactive ketones (excluding diaryl/α,β-unsaturated/α-hetero) is 2. The van der Waals surface area contributed by atoms with Crippen LogP contribution in [0.2, 0.25) is 0 Å². The van der Waals surface area contributed by atoms with Gasteiger partial charge in [-0.1, -0.05) is 42.0 Å². The van der Waals surface area contributed by atoms with E-state index in [1.54, 1.807) is 27.3 Å². The van der Waals surface area contributed by atoms with Crippen molar-refractivity contribution in [2.45, 2.75) is 44.4 Å². The van der Waals surface area contributed by atoms with Crippen molar-refractivity contribution in [3.63, 3.8) is 0 Å². The summed E-state index contributed by atoms with van der Waals surface area (Å²) in [6.45, 7) is 3.41. The van der Waals surface area contributed by atoms with E-state index in [0.717, 1.165) is 18.5 Å². The first-order valence-corrected chi connectivity index (χ1v) is 16.2. The highest BCUT2D eigenvalue weighted by molar-refractivity contribution is 6.25. The predicted molar refractivity (Wildman–Crippen MR) is 182 cm³/mol. The Morgan fingerprint density at radius 2 is 1.71 bits per heavy atom. The summed E-state index contributed by atoms with van der Waals surface area (Å²) >= 11 is 0. The van der Waals surface area contributed by atoms with Crippen molar-refractivity contribution >= 4 is 17.5 Å². The van der Waals surface area contributed by atoms with E-state index in [4.69, 9.17) is 10.5 Å². The average Bonchev–Trinajstić information content (AvgIpc) is 3.05. The highest BCUT2D eigenvalue weighted by Gasteiger charge is 2.63. The Labute approximate surface area is 284 Å². The Morgan fingerprint density at radius 1 is 1.02 bits per heavy atom. The lowest BCUT2D eigenvalue weighted by Crippen LogP contribution is -2.63. The zero-order valence-corrected chi connectivity index (χ0v) is 27.9. The summed E-state index contributed by atoms with van der Waals surface area (Å²) < 4.78 is 5.73. The molecule has 3 aliphatic carbocycles. The maximum atomic E-state index is 14.2. The zero-order chi connectivity index (χ0) is 35.4. The van der Waals surface area contributed by atoms with Crippen LogP contribution >= 0.6 is 0 Å². The lowest BCUT2D eigenvalue weighted by molar-refractivity contribution is -0.148. The number of aromatic hydroxyl groups is 1. The Balaban J connectivity index is 1.38. The minimum absolute atomic E-state index is 0.00291. The van der Waals surface area contributed by atoms with Gasteiger partial charge in [-0.15, -0.1) is 0 Å². The number of nitrogens with two attached hydrogens (primary N) is 1. The van der Waals surface area contributed by atoms with Gasteiger partial charge in [-0.25, -0.2) is 0 Å². The summed E-state index contributed by atoms with van der Waals surface area (Å²) in [6, 6.07) is 16.3. The molecule has 0 aliphatic heterocycles. The Morgan fingerprint density at radius 3 is 2.37 bits per heavy atom. The molecule has 11 nitrogen and oxygen atoms in total. The number of allylic oxidation sites excluding steroid dienone is 1. The molecule has 0 fully saturated rings. The van der Waals surface area contributed by atoms with Gasteiger partial charge >= 0.3 is 0 Å². The molecule has 49 heavy (non-hydrogen) atoms. The summed E-state index contributed by atoms with van der Waals surface area (Å²) in [7, 11) is 4.75. The van der Waals surface area contributed by atoms with Gasteiger partial charge in [0.05, 0.1) is 18.7 Å². The van der Waals surface area contributed by atoms with Crippen molar-refractivity contribution < 1.29 is 39.5 Å². The molecule has 256 valence electrons. The van der Waals surface area contributed by atoms with Crippen LogP contribution in [0, 0.1) is 18.8 Å². The number of methoxy groups -OCH3 is 1. The number of ether oxygens (including phenoxy) is 1. The number of nitrogens with zero attached hydrogens (tertiary/aromatic N) is 1. The fourth-order valence-corrected chi connectivity index (χ4v) is 7.80. The van der Waals surface area contributed by atoms with Crippen LogP contribution in [0.3, 0.4) is 0 Å². The smallest absolute Gasteiger partial charge is 0.255 e. The number of aryl methyl sites for hydroxylation is 1. The summed E-state index contributed by atoms with van der Waals surface area (Å²) in [5.74, 6) is -6.33. The maximum Gasteiger partial charge on any atom is 0.255 e. The molecule has 1 amide bonds. The third-order valence-electron chi connectivity index (χ3n) is 10.2. The second-order valence-corrected chi connectivity index (χ2v) is 13.4. The molecule has 7 N–H and O–H groups in total. The van der Waals surface area contributed by atoms with Crippen molar-refractivity contribution in [1.82, 2.24) is 10.2 Å². The number of ketones is 2. The number of fused-ring (bicyclic) bond motifs is 3. The molecule has 3 aliphatic rings. The van der Waals surface area contributed by atoms with E-state index >= 15 is 0 Å².